The molecule has 94 valence electrons. The fourth-order valence-electron chi connectivity index (χ4n) is 1.80. The van der Waals surface area contributed by atoms with Gasteiger partial charge in [0.15, 0.2) is 0 Å². The summed E-state index contributed by atoms with van der Waals surface area (Å²) in [6.07, 6.45) is 0. The van der Waals surface area contributed by atoms with E-state index in [0.29, 0.717) is 13.1 Å². The number of rotatable bonds is 6. The van der Waals surface area contributed by atoms with Gasteiger partial charge in [-0.15, -0.1) is 0 Å². The molecular formula is C14H22N2O. The summed E-state index contributed by atoms with van der Waals surface area (Å²) in [4.78, 5) is 13.7. The third-order valence-corrected chi connectivity index (χ3v) is 2.68. The summed E-state index contributed by atoms with van der Waals surface area (Å²) >= 11 is 0. The molecule has 3 nitrogen and oxygen atoms in total. The van der Waals surface area contributed by atoms with Crippen molar-refractivity contribution in [3.8, 4) is 0 Å². The number of hydrogen-bond acceptors (Lipinski definition) is 2. The van der Waals surface area contributed by atoms with Gasteiger partial charge in [0.2, 0.25) is 5.91 Å². The van der Waals surface area contributed by atoms with E-state index in [1.54, 1.807) is 0 Å². The first-order valence-electron chi connectivity index (χ1n) is 6.20. The zero-order valence-corrected chi connectivity index (χ0v) is 11.0. The van der Waals surface area contributed by atoms with Gasteiger partial charge in [-0.05, 0) is 26.0 Å². The molecule has 3 heteroatoms. The minimum atomic E-state index is 0.0991. The molecule has 0 saturated heterocycles. The maximum Gasteiger partial charge on any atom is 0.234 e. The van der Waals surface area contributed by atoms with Crippen LogP contribution in [0.2, 0.25) is 0 Å². The molecule has 0 atom stereocenters. The number of carbonyl (C=O) groups is 1. The Bertz CT molecular complexity index is 363. The van der Waals surface area contributed by atoms with Crippen LogP contribution in [-0.4, -0.2) is 30.4 Å². The Morgan fingerprint density at radius 2 is 2.12 bits per heavy atom. The molecule has 0 radical (unpaired) electrons. The van der Waals surface area contributed by atoms with Gasteiger partial charge in [0.25, 0.3) is 0 Å². The average molecular weight is 234 g/mol. The topological polar surface area (TPSA) is 32.3 Å². The summed E-state index contributed by atoms with van der Waals surface area (Å²) in [5.41, 5.74) is 2.52. The molecule has 0 fully saturated rings. The molecule has 0 saturated carbocycles. The van der Waals surface area contributed by atoms with Gasteiger partial charge in [0.05, 0.1) is 6.54 Å². The van der Waals surface area contributed by atoms with Crippen molar-refractivity contribution in [3.63, 3.8) is 0 Å². The first-order chi connectivity index (χ1) is 8.15. The summed E-state index contributed by atoms with van der Waals surface area (Å²) in [6.45, 7) is 8.98. The quantitative estimate of drug-likeness (QED) is 0.816. The molecule has 0 aliphatic carbocycles. The van der Waals surface area contributed by atoms with Crippen molar-refractivity contribution >= 4 is 5.91 Å². The van der Waals surface area contributed by atoms with E-state index >= 15 is 0 Å². The van der Waals surface area contributed by atoms with Crippen LogP contribution in [0.15, 0.2) is 24.3 Å². The Labute approximate surface area is 104 Å². The Morgan fingerprint density at radius 1 is 1.35 bits per heavy atom. The van der Waals surface area contributed by atoms with E-state index in [9.17, 15) is 4.79 Å². The Kier molecular flexibility index (Phi) is 5.70. The maximum atomic E-state index is 11.5. The lowest BCUT2D eigenvalue weighted by atomic mass is 10.1. The number of benzene rings is 1. The number of nitrogens with one attached hydrogen (secondary N) is 1. The second-order valence-electron chi connectivity index (χ2n) is 4.25. The lowest BCUT2D eigenvalue weighted by Crippen LogP contribution is -2.36. The minimum Gasteiger partial charge on any atom is -0.355 e. The molecule has 0 aliphatic rings. The highest BCUT2D eigenvalue weighted by Crippen LogP contribution is 2.07. The number of amides is 1. The smallest absolute Gasteiger partial charge is 0.234 e. The predicted octanol–water partition coefficient (Wildman–Crippen LogP) is 1.95. The molecule has 1 N–H and O–H groups in total. The molecular weight excluding hydrogens is 212 g/mol. The molecule has 1 aromatic carbocycles. The lowest BCUT2D eigenvalue weighted by molar-refractivity contribution is -0.122. The van der Waals surface area contributed by atoms with Crippen molar-refractivity contribution in [1.29, 1.82) is 0 Å². The summed E-state index contributed by atoms with van der Waals surface area (Å²) in [6, 6.07) is 8.42. The van der Waals surface area contributed by atoms with Gasteiger partial charge in [0, 0.05) is 13.1 Å². The third kappa shape index (κ3) is 5.00. The zero-order valence-electron chi connectivity index (χ0n) is 11.0. The van der Waals surface area contributed by atoms with Crippen LogP contribution in [0, 0.1) is 6.92 Å². The summed E-state index contributed by atoms with van der Waals surface area (Å²) in [5, 5.41) is 2.83. The predicted molar refractivity (Wildman–Crippen MR) is 70.8 cm³/mol. The summed E-state index contributed by atoms with van der Waals surface area (Å²) < 4.78 is 0. The Hall–Kier alpha value is -1.35. The van der Waals surface area contributed by atoms with Crippen LogP contribution in [0.25, 0.3) is 0 Å². The molecule has 0 bridgehead atoms. The van der Waals surface area contributed by atoms with Crippen molar-refractivity contribution in [2.45, 2.75) is 27.3 Å². The highest BCUT2D eigenvalue weighted by Gasteiger charge is 2.08. The Morgan fingerprint density at radius 3 is 2.71 bits per heavy atom. The fourth-order valence-corrected chi connectivity index (χ4v) is 1.80. The van der Waals surface area contributed by atoms with Gasteiger partial charge in [-0.2, -0.15) is 0 Å². The number of likely N-dealkylation sites (N-methyl/N-ethyl adjacent to an activating group) is 2. The average Bonchev–Trinajstić information content (AvgIpc) is 2.28. The van der Waals surface area contributed by atoms with Gasteiger partial charge in [-0.3, -0.25) is 9.69 Å². The van der Waals surface area contributed by atoms with Crippen molar-refractivity contribution < 1.29 is 4.79 Å². The van der Waals surface area contributed by atoms with Gasteiger partial charge < -0.3 is 5.32 Å². The van der Waals surface area contributed by atoms with Crippen molar-refractivity contribution in [2.75, 3.05) is 19.6 Å². The van der Waals surface area contributed by atoms with Crippen molar-refractivity contribution in [3.05, 3.63) is 35.4 Å². The molecule has 0 spiro atoms. The van der Waals surface area contributed by atoms with Crippen LogP contribution >= 0.6 is 0 Å². The molecule has 0 aliphatic heterocycles. The summed E-state index contributed by atoms with van der Waals surface area (Å²) in [7, 11) is 0. The highest BCUT2D eigenvalue weighted by atomic mass is 16.2. The first-order valence-corrected chi connectivity index (χ1v) is 6.20. The van der Waals surface area contributed by atoms with Crippen LogP contribution in [0.4, 0.5) is 0 Å². The molecule has 0 aromatic heterocycles. The van der Waals surface area contributed by atoms with Gasteiger partial charge in [0.1, 0.15) is 0 Å². The second-order valence-corrected chi connectivity index (χ2v) is 4.25. The standard InChI is InChI=1S/C14H22N2O/c1-4-15-14(17)11-16(5-2)10-13-8-6-7-12(3)9-13/h6-9H,4-5,10-11H2,1-3H3,(H,15,17). The van der Waals surface area contributed by atoms with Crippen LogP contribution < -0.4 is 5.32 Å². The van der Waals surface area contributed by atoms with Crippen LogP contribution in [0.3, 0.4) is 0 Å². The lowest BCUT2D eigenvalue weighted by Gasteiger charge is -2.19. The van der Waals surface area contributed by atoms with E-state index in [1.165, 1.54) is 11.1 Å². The van der Waals surface area contributed by atoms with E-state index in [1.807, 2.05) is 6.92 Å². The van der Waals surface area contributed by atoms with Crippen molar-refractivity contribution in [2.24, 2.45) is 0 Å². The molecule has 1 aromatic rings. The van der Waals surface area contributed by atoms with Crippen molar-refractivity contribution in [1.82, 2.24) is 10.2 Å². The molecule has 1 rings (SSSR count). The largest absolute Gasteiger partial charge is 0.355 e. The van der Waals surface area contributed by atoms with Crippen LogP contribution in [0.1, 0.15) is 25.0 Å². The number of hydrogen-bond donors (Lipinski definition) is 1. The van der Waals surface area contributed by atoms with E-state index in [-0.39, 0.29) is 5.91 Å². The Balaban J connectivity index is 2.54. The first kappa shape index (κ1) is 13.7. The highest BCUT2D eigenvalue weighted by molar-refractivity contribution is 5.77. The van der Waals surface area contributed by atoms with Crippen LogP contribution in [0.5, 0.6) is 0 Å². The minimum absolute atomic E-state index is 0.0991. The van der Waals surface area contributed by atoms with E-state index in [2.05, 4.69) is 48.3 Å². The maximum absolute atomic E-state index is 11.5. The summed E-state index contributed by atoms with van der Waals surface area (Å²) in [5.74, 6) is 0.0991. The fraction of sp³-hybridized carbons (Fsp3) is 0.500. The second kappa shape index (κ2) is 7.07. The van der Waals surface area contributed by atoms with Gasteiger partial charge >= 0.3 is 0 Å². The molecule has 0 unspecified atom stereocenters. The molecule has 0 heterocycles. The third-order valence-electron chi connectivity index (χ3n) is 2.68. The zero-order chi connectivity index (χ0) is 12.7. The van der Waals surface area contributed by atoms with Gasteiger partial charge in [-0.1, -0.05) is 36.8 Å². The number of aryl methyl sites for hydroxylation is 1. The van der Waals surface area contributed by atoms with Gasteiger partial charge in [-0.25, -0.2) is 0 Å². The van der Waals surface area contributed by atoms with Crippen LogP contribution in [-0.2, 0) is 11.3 Å². The van der Waals surface area contributed by atoms with E-state index in [4.69, 9.17) is 0 Å². The van der Waals surface area contributed by atoms with E-state index < -0.39 is 0 Å². The molecule has 17 heavy (non-hydrogen) atoms. The normalized spacial score (nSPS) is 10.6. The SMILES string of the molecule is CCNC(=O)CN(CC)Cc1cccc(C)c1. The number of carbonyl (C=O) groups excluding carboxylic acids is 1. The van der Waals surface area contributed by atoms with E-state index in [0.717, 1.165) is 13.1 Å². The molecule has 1 amide bonds. The number of nitrogens with zero attached hydrogens (tertiary/aromatic N) is 1. The monoisotopic (exact) mass is 234 g/mol.